The largest absolute Gasteiger partial charge is 0.507 e. The van der Waals surface area contributed by atoms with Crippen molar-refractivity contribution in [1.29, 1.82) is 0 Å². The van der Waals surface area contributed by atoms with Crippen LogP contribution in [0.15, 0.2) is 64.3 Å². The lowest BCUT2D eigenvalue weighted by atomic mass is 9.63. The number of carbonyl (C=O) groups excluding carboxylic acids is 1. The highest BCUT2D eigenvalue weighted by Crippen LogP contribution is 2.52. The molecule has 0 saturated carbocycles. The Morgan fingerprint density at radius 3 is 1.79 bits per heavy atom. The average Bonchev–Trinajstić information content (AvgIpc) is 2.82. The molecule has 1 aliphatic carbocycles. The van der Waals surface area contributed by atoms with E-state index in [2.05, 4.69) is 18.2 Å². The molecule has 0 unspecified atom stereocenters. The molecular weight excluding hydrogens is 484 g/mol. The number of aliphatic hydroxyl groups excluding tert-OH is 1. The van der Waals surface area contributed by atoms with Crippen LogP contribution in [0.5, 0.6) is 11.5 Å². The maximum absolute atomic E-state index is 14.5. The number of Topliss-reactive ketones (excluding diaryl/α,β-unsaturated/α-hetero) is 1. The van der Waals surface area contributed by atoms with E-state index in [1.807, 2.05) is 74.5 Å². The Bertz CT molecular complexity index is 1440. The Labute approximate surface area is 233 Å². The van der Waals surface area contributed by atoms with Crippen molar-refractivity contribution in [3.63, 3.8) is 0 Å². The zero-order valence-corrected chi connectivity index (χ0v) is 25.0. The first-order valence-corrected chi connectivity index (χ1v) is 13.7. The van der Waals surface area contributed by atoms with Gasteiger partial charge in [0.15, 0.2) is 5.78 Å². The van der Waals surface area contributed by atoms with Crippen LogP contribution in [-0.2, 0) is 16.6 Å². The standard InChI is InChI=1S/C35H44O4/c1-20(2)10-12-25-24(9)18-29(36)30-27(25)19-28-31(33(30)38)32(37)26(13-11-21(3)4)34(39)35(28,16-14-22(5)6)17-15-23(7)8/h10-11,14-15,18-19,36-38H,12-13,16-17H2,1-9H3. The van der Waals surface area contributed by atoms with Gasteiger partial charge in [-0.1, -0.05) is 46.6 Å². The number of aryl methyl sites for hydroxylation is 1. The summed E-state index contributed by atoms with van der Waals surface area (Å²) >= 11 is 0. The summed E-state index contributed by atoms with van der Waals surface area (Å²) in [5, 5.41) is 35.4. The Morgan fingerprint density at radius 1 is 0.769 bits per heavy atom. The number of aromatic hydroxyl groups is 2. The molecule has 0 amide bonds. The minimum atomic E-state index is -1.01. The third-order valence-electron chi connectivity index (χ3n) is 7.60. The second kappa shape index (κ2) is 11.7. The summed E-state index contributed by atoms with van der Waals surface area (Å²) < 4.78 is 0. The molecule has 0 atom stereocenters. The Morgan fingerprint density at radius 2 is 1.28 bits per heavy atom. The number of fused-ring (bicyclic) bond motifs is 2. The number of rotatable bonds is 8. The molecule has 0 spiro atoms. The fraction of sp³-hybridized carbons (Fsp3) is 0.400. The van der Waals surface area contributed by atoms with E-state index in [1.54, 1.807) is 6.07 Å². The van der Waals surface area contributed by atoms with Gasteiger partial charge < -0.3 is 15.3 Å². The van der Waals surface area contributed by atoms with Crippen LogP contribution >= 0.6 is 0 Å². The molecule has 4 nitrogen and oxygen atoms in total. The van der Waals surface area contributed by atoms with Gasteiger partial charge in [0.2, 0.25) is 0 Å². The van der Waals surface area contributed by atoms with Gasteiger partial charge in [0.1, 0.15) is 17.3 Å². The van der Waals surface area contributed by atoms with E-state index >= 15 is 0 Å². The van der Waals surface area contributed by atoms with Crippen LogP contribution in [0.3, 0.4) is 0 Å². The molecule has 2 aromatic rings. The number of benzene rings is 2. The zero-order chi connectivity index (χ0) is 29.2. The van der Waals surface area contributed by atoms with E-state index < -0.39 is 5.41 Å². The molecule has 0 saturated heterocycles. The number of hydrogen-bond donors (Lipinski definition) is 3. The summed E-state index contributed by atoms with van der Waals surface area (Å²) in [6.45, 7) is 18.0. The van der Waals surface area contributed by atoms with E-state index in [0.717, 1.165) is 27.8 Å². The third-order valence-corrected chi connectivity index (χ3v) is 7.60. The maximum Gasteiger partial charge on any atom is 0.174 e. The quantitative estimate of drug-likeness (QED) is 0.298. The molecule has 0 radical (unpaired) electrons. The fourth-order valence-electron chi connectivity index (χ4n) is 5.35. The first kappa shape index (κ1) is 30.0. The lowest BCUT2D eigenvalue weighted by Crippen LogP contribution is -2.40. The van der Waals surface area contributed by atoms with E-state index in [4.69, 9.17) is 0 Å². The highest BCUT2D eigenvalue weighted by atomic mass is 16.3. The number of phenolic OH excluding ortho intramolecular Hbond substituents is 2. The second-order valence-electron chi connectivity index (χ2n) is 11.9. The van der Waals surface area contributed by atoms with Crippen LogP contribution in [0.25, 0.3) is 16.5 Å². The summed E-state index contributed by atoms with van der Waals surface area (Å²) in [7, 11) is 0. The van der Waals surface area contributed by atoms with Crippen molar-refractivity contribution in [3.05, 3.63) is 86.6 Å². The third kappa shape index (κ3) is 5.90. The molecule has 0 aromatic heterocycles. The Kier molecular flexibility index (Phi) is 9.00. The monoisotopic (exact) mass is 528 g/mol. The van der Waals surface area contributed by atoms with E-state index in [9.17, 15) is 20.1 Å². The Balaban J connectivity index is 2.58. The summed E-state index contributed by atoms with van der Waals surface area (Å²) in [5.74, 6) is -0.556. The highest BCUT2D eigenvalue weighted by molar-refractivity contribution is 6.14. The van der Waals surface area contributed by atoms with Crippen molar-refractivity contribution in [3.8, 4) is 11.5 Å². The number of ketones is 1. The van der Waals surface area contributed by atoms with Crippen LogP contribution in [0, 0.1) is 6.92 Å². The number of aliphatic hydroxyl groups is 1. The molecule has 3 rings (SSSR count). The molecule has 1 aliphatic rings. The van der Waals surface area contributed by atoms with Gasteiger partial charge in [-0.2, -0.15) is 0 Å². The van der Waals surface area contributed by atoms with E-state index in [-0.39, 0.29) is 35.0 Å². The first-order valence-electron chi connectivity index (χ1n) is 13.7. The molecule has 3 N–H and O–H groups in total. The molecule has 4 heteroatoms. The Hall–Kier alpha value is -3.53. The minimum Gasteiger partial charge on any atom is -0.507 e. The molecular formula is C35H44O4. The fourth-order valence-corrected chi connectivity index (χ4v) is 5.35. The van der Waals surface area contributed by atoms with Crippen LogP contribution in [0.1, 0.15) is 96.9 Å². The van der Waals surface area contributed by atoms with Gasteiger partial charge in [-0.15, -0.1) is 0 Å². The van der Waals surface area contributed by atoms with Crippen LogP contribution < -0.4 is 0 Å². The van der Waals surface area contributed by atoms with Crippen molar-refractivity contribution in [1.82, 2.24) is 0 Å². The summed E-state index contributed by atoms with van der Waals surface area (Å²) in [6.07, 6.45) is 9.94. The van der Waals surface area contributed by atoms with Gasteiger partial charge >= 0.3 is 0 Å². The van der Waals surface area contributed by atoms with Crippen molar-refractivity contribution in [2.45, 2.75) is 93.4 Å². The van der Waals surface area contributed by atoms with Gasteiger partial charge in [-0.25, -0.2) is 0 Å². The topological polar surface area (TPSA) is 77.8 Å². The second-order valence-corrected chi connectivity index (χ2v) is 11.9. The number of hydrogen-bond acceptors (Lipinski definition) is 4. The zero-order valence-electron chi connectivity index (χ0n) is 25.0. The number of carbonyl (C=O) groups is 1. The van der Waals surface area contributed by atoms with Gasteiger partial charge in [0.05, 0.1) is 16.4 Å². The molecule has 0 bridgehead atoms. The smallest absolute Gasteiger partial charge is 0.174 e. The lowest BCUT2D eigenvalue weighted by molar-refractivity contribution is -0.121. The highest BCUT2D eigenvalue weighted by Gasteiger charge is 2.47. The number of phenols is 2. The van der Waals surface area contributed by atoms with E-state index in [1.165, 1.54) is 5.57 Å². The van der Waals surface area contributed by atoms with Crippen LogP contribution in [-0.4, -0.2) is 21.1 Å². The van der Waals surface area contributed by atoms with E-state index in [0.29, 0.717) is 41.2 Å². The summed E-state index contributed by atoms with van der Waals surface area (Å²) in [5.41, 5.74) is 6.39. The minimum absolute atomic E-state index is 0.0431. The van der Waals surface area contributed by atoms with Crippen molar-refractivity contribution >= 4 is 22.3 Å². The van der Waals surface area contributed by atoms with Gasteiger partial charge in [0.25, 0.3) is 0 Å². The van der Waals surface area contributed by atoms with Gasteiger partial charge in [-0.05, 0) is 122 Å². The maximum atomic E-state index is 14.5. The predicted octanol–water partition coefficient (Wildman–Crippen LogP) is 9.23. The first-order chi connectivity index (χ1) is 18.2. The van der Waals surface area contributed by atoms with Crippen molar-refractivity contribution in [2.24, 2.45) is 0 Å². The van der Waals surface area contributed by atoms with Gasteiger partial charge in [-0.3, -0.25) is 4.79 Å². The lowest BCUT2D eigenvalue weighted by Gasteiger charge is -2.38. The SMILES string of the molecule is CC(C)=CCC1=C(O)c2c(cc3c(CC=C(C)C)c(C)cc(O)c3c2O)C(CC=C(C)C)(CC=C(C)C)C1=O. The molecule has 2 aromatic carbocycles. The van der Waals surface area contributed by atoms with Crippen molar-refractivity contribution in [2.75, 3.05) is 0 Å². The van der Waals surface area contributed by atoms with Gasteiger partial charge in [0, 0.05) is 5.57 Å². The molecule has 39 heavy (non-hydrogen) atoms. The molecule has 208 valence electrons. The molecule has 0 heterocycles. The summed E-state index contributed by atoms with van der Waals surface area (Å²) in [6, 6.07) is 3.61. The number of allylic oxidation sites excluding steroid dienone is 9. The van der Waals surface area contributed by atoms with Crippen molar-refractivity contribution < 1.29 is 20.1 Å². The van der Waals surface area contributed by atoms with Crippen LogP contribution in [0.4, 0.5) is 0 Å². The average molecular weight is 529 g/mol. The summed E-state index contributed by atoms with van der Waals surface area (Å²) in [4.78, 5) is 14.5. The predicted molar refractivity (Wildman–Crippen MR) is 164 cm³/mol. The molecule has 0 fully saturated rings. The molecule has 0 aliphatic heterocycles. The normalized spacial score (nSPS) is 14.1. The van der Waals surface area contributed by atoms with Crippen LogP contribution in [0.2, 0.25) is 0 Å².